The Hall–Kier alpha value is -4.45. The molecule has 0 saturated carbocycles. The molecular formula is C34H30N2O11S4. The molecule has 0 bridgehead atoms. The maximum absolute atomic E-state index is 14.4. The highest BCUT2D eigenvalue weighted by Crippen LogP contribution is 2.71. The summed E-state index contributed by atoms with van der Waals surface area (Å²) < 4.78 is 31.2. The first-order valence-electron chi connectivity index (χ1n) is 15.0. The fourth-order valence-corrected chi connectivity index (χ4v) is 11.8. The fraction of sp³-hybridized carbons (Fsp3) is 0.294. The molecule has 1 aromatic heterocycles. The molecule has 0 unspecified atom stereocenters. The molecule has 3 aliphatic rings. The number of esters is 4. The summed E-state index contributed by atoms with van der Waals surface area (Å²) in [6.45, 7) is 3.18. The number of hydrogen-bond acceptors (Lipinski definition) is 16. The highest BCUT2D eigenvalue weighted by Gasteiger charge is 2.62. The van der Waals surface area contributed by atoms with E-state index in [4.69, 9.17) is 28.4 Å². The topological polar surface area (TPSA) is 157 Å². The molecule has 17 heteroatoms. The Morgan fingerprint density at radius 2 is 1.39 bits per heavy atom. The van der Waals surface area contributed by atoms with Gasteiger partial charge in [-0.15, -0.1) is 0 Å². The highest BCUT2D eigenvalue weighted by atomic mass is 32.2. The minimum atomic E-state index is -1.73. The summed E-state index contributed by atoms with van der Waals surface area (Å²) in [5, 5.41) is 0.314. The van der Waals surface area contributed by atoms with Gasteiger partial charge >= 0.3 is 23.9 Å². The van der Waals surface area contributed by atoms with Gasteiger partial charge in [0.05, 0.1) is 62.6 Å². The predicted molar refractivity (Wildman–Crippen MR) is 194 cm³/mol. The number of benzene rings is 2. The van der Waals surface area contributed by atoms with E-state index < -0.39 is 39.4 Å². The molecule has 1 spiro atoms. The maximum Gasteiger partial charge on any atom is 0.345 e. The third-order valence-electron chi connectivity index (χ3n) is 8.19. The van der Waals surface area contributed by atoms with Crippen LogP contribution < -0.4 is 14.4 Å². The Morgan fingerprint density at radius 3 is 1.98 bits per heavy atom. The van der Waals surface area contributed by atoms with Crippen LogP contribution in [0.5, 0.6) is 10.9 Å². The second-order valence-electron chi connectivity index (χ2n) is 11.4. The van der Waals surface area contributed by atoms with E-state index in [1.54, 1.807) is 36.9 Å². The lowest BCUT2D eigenvalue weighted by Gasteiger charge is -2.50. The van der Waals surface area contributed by atoms with Gasteiger partial charge in [0.1, 0.15) is 24.5 Å². The van der Waals surface area contributed by atoms with E-state index in [9.17, 15) is 24.0 Å². The summed E-state index contributed by atoms with van der Waals surface area (Å²) >= 11 is 3.92. The quantitative estimate of drug-likeness (QED) is 0.215. The van der Waals surface area contributed by atoms with Crippen molar-refractivity contribution in [1.82, 2.24) is 4.98 Å². The smallest absolute Gasteiger partial charge is 0.345 e. The largest absolute Gasteiger partial charge is 0.497 e. The number of methoxy groups -OCH3 is 5. The molecule has 0 N–H and O–H groups in total. The van der Waals surface area contributed by atoms with Crippen LogP contribution in [-0.4, -0.2) is 86.5 Å². The molecule has 4 heterocycles. The van der Waals surface area contributed by atoms with Crippen LogP contribution in [0.3, 0.4) is 0 Å². The van der Waals surface area contributed by atoms with Crippen molar-refractivity contribution in [2.24, 2.45) is 0 Å². The number of rotatable bonds is 8. The fourth-order valence-electron chi connectivity index (χ4n) is 5.97. The number of fused-ring (bicyclic) bond motifs is 4. The molecule has 3 aliphatic heterocycles. The van der Waals surface area contributed by atoms with Gasteiger partial charge in [0.25, 0.3) is 11.1 Å². The first kappa shape index (κ1) is 36.3. The number of thiazole rings is 1. The van der Waals surface area contributed by atoms with Gasteiger partial charge in [0, 0.05) is 16.0 Å². The summed E-state index contributed by atoms with van der Waals surface area (Å²) in [4.78, 5) is 74.3. The van der Waals surface area contributed by atoms with Crippen LogP contribution in [-0.2, 0) is 42.9 Å². The Labute approximate surface area is 308 Å². The van der Waals surface area contributed by atoms with Gasteiger partial charge in [-0.25, -0.2) is 24.2 Å². The molecule has 0 saturated heterocycles. The molecular weight excluding hydrogens is 741 g/mol. The average Bonchev–Trinajstić information content (AvgIpc) is 3.74. The summed E-state index contributed by atoms with van der Waals surface area (Å²) in [6.07, 6.45) is 0. The van der Waals surface area contributed by atoms with Crippen molar-refractivity contribution in [3.05, 3.63) is 73.2 Å². The van der Waals surface area contributed by atoms with Crippen LogP contribution in [0.1, 0.15) is 19.4 Å². The lowest BCUT2D eigenvalue weighted by molar-refractivity contribution is -0.138. The molecule has 0 atom stereocenters. The number of carbonyl (C=O) groups is 5. The predicted octanol–water partition coefficient (Wildman–Crippen LogP) is 5.30. The minimum absolute atomic E-state index is 0.149. The number of aromatic nitrogens is 1. The SMILES string of the molecule is COC(=O)C1=C(C(=O)OC)SC2(S1)C(C(=O)OC)=C(C(=O)OC)SC1=C2c2cc(OC)ccc2N(C(=O)COc2nc3ccccc3s2)C1(C)C. The molecule has 1 amide bonds. The van der Waals surface area contributed by atoms with Crippen molar-refractivity contribution in [2.75, 3.05) is 47.1 Å². The van der Waals surface area contributed by atoms with Gasteiger partial charge in [0.15, 0.2) is 6.61 Å². The Balaban J connectivity index is 1.58. The third-order valence-corrected chi connectivity index (χ3v) is 13.8. The second-order valence-corrected chi connectivity index (χ2v) is 16.1. The van der Waals surface area contributed by atoms with Crippen molar-refractivity contribution in [2.45, 2.75) is 23.5 Å². The molecule has 2 aromatic carbocycles. The van der Waals surface area contributed by atoms with Crippen LogP contribution in [0.25, 0.3) is 15.8 Å². The van der Waals surface area contributed by atoms with Crippen molar-refractivity contribution in [3.63, 3.8) is 0 Å². The Kier molecular flexibility index (Phi) is 9.93. The number of anilines is 1. The molecule has 0 fully saturated rings. The monoisotopic (exact) mass is 770 g/mol. The summed E-state index contributed by atoms with van der Waals surface area (Å²) in [6, 6.07) is 12.6. The van der Waals surface area contributed by atoms with Crippen molar-refractivity contribution in [1.29, 1.82) is 0 Å². The lowest BCUT2D eigenvalue weighted by atomic mass is 9.83. The van der Waals surface area contributed by atoms with E-state index in [1.807, 2.05) is 24.3 Å². The van der Waals surface area contributed by atoms with E-state index in [1.165, 1.54) is 18.4 Å². The third kappa shape index (κ3) is 5.94. The van der Waals surface area contributed by atoms with Gasteiger partial charge < -0.3 is 28.4 Å². The van der Waals surface area contributed by atoms with E-state index in [0.717, 1.165) is 73.9 Å². The zero-order valence-electron chi connectivity index (χ0n) is 28.3. The number of para-hydroxylation sites is 1. The second kappa shape index (κ2) is 13.9. The first-order valence-corrected chi connectivity index (χ1v) is 18.3. The van der Waals surface area contributed by atoms with Gasteiger partial charge in [0.2, 0.25) is 0 Å². The lowest BCUT2D eigenvalue weighted by Crippen LogP contribution is -2.55. The van der Waals surface area contributed by atoms with Crippen LogP contribution >= 0.6 is 46.6 Å². The van der Waals surface area contributed by atoms with Gasteiger partial charge in [-0.05, 0) is 44.2 Å². The van der Waals surface area contributed by atoms with Crippen LogP contribution in [0.4, 0.5) is 5.69 Å². The van der Waals surface area contributed by atoms with E-state index in [2.05, 4.69) is 4.98 Å². The first-order chi connectivity index (χ1) is 24.4. The number of ether oxygens (including phenoxy) is 6. The molecule has 0 radical (unpaired) electrons. The van der Waals surface area contributed by atoms with E-state index >= 15 is 0 Å². The van der Waals surface area contributed by atoms with E-state index in [0.29, 0.717) is 32.7 Å². The van der Waals surface area contributed by atoms with Crippen LogP contribution in [0, 0.1) is 0 Å². The number of thioether (sulfide) groups is 3. The standard InChI is InChI=1S/C34H30N2O11S4/c1-33(2)27-22(17-14-16(42-3)12-13-19(17)36(33)21(37)15-47-32-35-18-10-8-9-11-20(18)48-32)34(23(28(38)43-4)24(49-27)29(39)44-5)50-25(30(40)45-6)26(51-34)31(41)46-7/h8-14H,15H2,1-7H3. The number of amides is 1. The summed E-state index contributed by atoms with van der Waals surface area (Å²) in [5.41, 5.74) is 0.580. The minimum Gasteiger partial charge on any atom is -0.497 e. The van der Waals surface area contributed by atoms with Crippen molar-refractivity contribution in [3.8, 4) is 10.9 Å². The van der Waals surface area contributed by atoms with Crippen molar-refractivity contribution < 1.29 is 52.4 Å². The number of nitrogens with zero attached hydrogens (tertiary/aromatic N) is 2. The van der Waals surface area contributed by atoms with Crippen molar-refractivity contribution >= 4 is 97.9 Å². The van der Waals surface area contributed by atoms with Gasteiger partial charge in [-0.3, -0.25) is 9.69 Å². The summed E-state index contributed by atoms with van der Waals surface area (Å²) in [7, 11) is 6.10. The molecule has 51 heavy (non-hydrogen) atoms. The number of carbonyl (C=O) groups excluding carboxylic acids is 5. The molecule has 0 aliphatic carbocycles. The van der Waals surface area contributed by atoms with E-state index in [-0.39, 0.29) is 26.9 Å². The maximum atomic E-state index is 14.4. The zero-order chi connectivity index (χ0) is 36.8. The average molecular weight is 771 g/mol. The molecule has 13 nitrogen and oxygen atoms in total. The zero-order valence-corrected chi connectivity index (χ0v) is 31.5. The highest BCUT2D eigenvalue weighted by molar-refractivity contribution is 8.26. The summed E-state index contributed by atoms with van der Waals surface area (Å²) in [5.74, 6) is -3.54. The van der Waals surface area contributed by atoms with Gasteiger partial charge in [-0.1, -0.05) is 58.8 Å². The normalized spacial score (nSPS) is 17.2. The molecule has 3 aromatic rings. The number of hydrogen-bond donors (Lipinski definition) is 0. The van der Waals surface area contributed by atoms with Crippen LogP contribution in [0.15, 0.2) is 67.7 Å². The molecule has 6 rings (SSSR count). The van der Waals surface area contributed by atoms with Crippen LogP contribution in [0.2, 0.25) is 0 Å². The Bertz CT molecular complexity index is 2060. The Morgan fingerprint density at radius 1 is 0.784 bits per heavy atom. The van der Waals surface area contributed by atoms with Gasteiger partial charge in [-0.2, -0.15) is 0 Å². The molecule has 266 valence electrons.